The van der Waals surface area contributed by atoms with Crippen molar-refractivity contribution in [2.45, 2.75) is 44.1 Å². The van der Waals surface area contributed by atoms with Crippen LogP contribution in [0.1, 0.15) is 25.0 Å². The van der Waals surface area contributed by atoms with Crippen molar-refractivity contribution in [1.82, 2.24) is 25.1 Å². The standard InChI is InChI=1S/C20H21ClFN7OS/c1-29(13-4-2-3-10(23)15(13)22)20-12(7-30)25-17-16(27-28-19(17)26-20)9-5-6-11-18(14(9)21)31-8-24-11/h5-6,8,10,13,15,30H,2-4,7,23H2,1H3,(H,26,27,28)/t10-,13+,15-/m0/s1. The first-order valence-electron chi connectivity index (χ1n) is 10.00. The molecule has 3 aromatic heterocycles. The van der Waals surface area contributed by atoms with Crippen LogP contribution < -0.4 is 10.6 Å². The molecule has 3 heterocycles. The molecule has 1 aliphatic rings. The number of alkyl halides is 1. The van der Waals surface area contributed by atoms with Crippen molar-refractivity contribution >= 4 is 50.1 Å². The number of aromatic nitrogens is 5. The van der Waals surface area contributed by atoms with Gasteiger partial charge in [0.1, 0.15) is 17.4 Å². The van der Waals surface area contributed by atoms with E-state index in [-0.39, 0.29) is 6.61 Å². The predicted molar refractivity (Wildman–Crippen MR) is 120 cm³/mol. The Bertz CT molecular complexity index is 1260. The van der Waals surface area contributed by atoms with Crippen molar-refractivity contribution in [3.63, 3.8) is 0 Å². The second-order valence-electron chi connectivity index (χ2n) is 7.77. The molecule has 0 aliphatic heterocycles. The van der Waals surface area contributed by atoms with Crippen LogP contribution in [0.3, 0.4) is 0 Å². The van der Waals surface area contributed by atoms with Crippen LogP contribution in [0.15, 0.2) is 17.6 Å². The van der Waals surface area contributed by atoms with E-state index >= 15 is 0 Å². The van der Waals surface area contributed by atoms with Crippen molar-refractivity contribution < 1.29 is 9.50 Å². The number of aromatic amines is 1. The summed E-state index contributed by atoms with van der Waals surface area (Å²) in [6.07, 6.45) is 0.983. The average Bonchev–Trinajstić information content (AvgIpc) is 3.42. The van der Waals surface area contributed by atoms with Gasteiger partial charge in [0.15, 0.2) is 5.82 Å². The Kier molecular flexibility index (Phi) is 5.25. The summed E-state index contributed by atoms with van der Waals surface area (Å²) in [6.45, 7) is -0.343. The zero-order chi connectivity index (χ0) is 21.7. The van der Waals surface area contributed by atoms with E-state index in [1.165, 1.54) is 11.3 Å². The molecule has 1 fully saturated rings. The Hall–Kier alpha value is -2.40. The summed E-state index contributed by atoms with van der Waals surface area (Å²) in [5, 5.41) is 17.8. The molecule has 5 rings (SSSR count). The molecule has 0 spiro atoms. The van der Waals surface area contributed by atoms with Crippen LogP contribution in [0, 0.1) is 0 Å². The molecule has 1 aromatic carbocycles. The van der Waals surface area contributed by atoms with E-state index in [0.717, 1.165) is 22.2 Å². The van der Waals surface area contributed by atoms with Crippen LogP contribution in [-0.2, 0) is 6.61 Å². The Labute approximate surface area is 186 Å². The summed E-state index contributed by atoms with van der Waals surface area (Å²) in [4.78, 5) is 15.2. The first-order valence-corrected chi connectivity index (χ1v) is 11.3. The molecule has 0 radical (unpaired) electrons. The van der Waals surface area contributed by atoms with Crippen LogP contribution in [0.4, 0.5) is 10.2 Å². The molecular weight excluding hydrogens is 441 g/mol. The van der Waals surface area contributed by atoms with E-state index in [1.54, 1.807) is 17.5 Å². The molecule has 0 saturated heterocycles. The van der Waals surface area contributed by atoms with E-state index in [0.29, 0.717) is 46.2 Å². The number of hydrogen-bond acceptors (Lipinski definition) is 8. The van der Waals surface area contributed by atoms with Gasteiger partial charge in [0, 0.05) is 18.7 Å². The number of nitrogens with zero attached hydrogens (tertiary/aromatic N) is 5. The lowest BCUT2D eigenvalue weighted by Gasteiger charge is -2.38. The largest absolute Gasteiger partial charge is 0.390 e. The Balaban J connectivity index is 1.59. The van der Waals surface area contributed by atoms with Gasteiger partial charge in [-0.25, -0.2) is 19.3 Å². The van der Waals surface area contributed by atoms with Crippen molar-refractivity contribution in [2.75, 3.05) is 11.9 Å². The average molecular weight is 462 g/mol. The van der Waals surface area contributed by atoms with Crippen molar-refractivity contribution in [1.29, 1.82) is 0 Å². The monoisotopic (exact) mass is 461 g/mol. The number of nitrogens with two attached hydrogens (primary N) is 1. The van der Waals surface area contributed by atoms with E-state index in [4.69, 9.17) is 17.3 Å². The minimum absolute atomic E-state index is 0.343. The fourth-order valence-electron chi connectivity index (χ4n) is 4.26. The molecule has 0 bridgehead atoms. The minimum atomic E-state index is -1.18. The number of thiazole rings is 1. The molecule has 3 atom stereocenters. The lowest BCUT2D eigenvalue weighted by atomic mass is 9.89. The second kappa shape index (κ2) is 7.94. The summed E-state index contributed by atoms with van der Waals surface area (Å²) in [5.74, 6) is 0.402. The van der Waals surface area contributed by atoms with E-state index < -0.39 is 18.3 Å². The number of fused-ring (bicyclic) bond motifs is 2. The Morgan fingerprint density at radius 1 is 1.35 bits per heavy atom. The summed E-state index contributed by atoms with van der Waals surface area (Å²) >= 11 is 8.08. The highest BCUT2D eigenvalue weighted by Gasteiger charge is 2.35. The highest BCUT2D eigenvalue weighted by molar-refractivity contribution is 7.17. The van der Waals surface area contributed by atoms with E-state index in [9.17, 15) is 9.50 Å². The number of aliphatic hydroxyl groups excluding tert-OH is 1. The van der Waals surface area contributed by atoms with Crippen LogP contribution in [0.2, 0.25) is 5.02 Å². The molecule has 1 aliphatic carbocycles. The summed E-state index contributed by atoms with van der Waals surface area (Å²) in [7, 11) is 1.76. The van der Waals surface area contributed by atoms with Crippen molar-refractivity contribution in [2.24, 2.45) is 5.73 Å². The Morgan fingerprint density at radius 3 is 3.00 bits per heavy atom. The molecule has 0 amide bonds. The van der Waals surface area contributed by atoms with Gasteiger partial charge in [-0.2, -0.15) is 5.10 Å². The number of benzene rings is 1. The van der Waals surface area contributed by atoms with Gasteiger partial charge in [0.25, 0.3) is 0 Å². The predicted octanol–water partition coefficient (Wildman–Crippen LogP) is 3.43. The van der Waals surface area contributed by atoms with Crippen molar-refractivity contribution in [3.8, 4) is 11.3 Å². The Morgan fingerprint density at radius 2 is 2.19 bits per heavy atom. The number of nitrogens with one attached hydrogen (secondary N) is 1. The van der Waals surface area contributed by atoms with Crippen LogP contribution in [0.5, 0.6) is 0 Å². The maximum absolute atomic E-state index is 14.8. The van der Waals surface area contributed by atoms with Crippen LogP contribution in [-0.4, -0.2) is 55.6 Å². The second-order valence-corrected chi connectivity index (χ2v) is 9.00. The number of aliphatic hydroxyl groups is 1. The number of H-pyrrole nitrogens is 1. The maximum Gasteiger partial charge on any atom is 0.202 e. The third kappa shape index (κ3) is 3.34. The molecule has 4 aromatic rings. The van der Waals surface area contributed by atoms with Gasteiger partial charge in [0.2, 0.25) is 5.65 Å². The fraction of sp³-hybridized carbons (Fsp3) is 0.400. The molecule has 4 N–H and O–H groups in total. The lowest BCUT2D eigenvalue weighted by Crippen LogP contribution is -2.51. The van der Waals surface area contributed by atoms with E-state index in [2.05, 4.69) is 25.1 Å². The molecule has 1 saturated carbocycles. The summed E-state index contributed by atoms with van der Waals surface area (Å²) in [6, 6.07) is 2.81. The van der Waals surface area contributed by atoms with Crippen molar-refractivity contribution in [3.05, 3.63) is 28.4 Å². The molecular formula is C20H21ClFN7OS. The van der Waals surface area contributed by atoms with Gasteiger partial charge in [0.05, 0.1) is 39.1 Å². The van der Waals surface area contributed by atoms with Gasteiger partial charge in [-0.15, -0.1) is 11.3 Å². The normalized spacial score (nSPS) is 21.8. The number of hydrogen-bond donors (Lipinski definition) is 3. The van der Waals surface area contributed by atoms with Crippen LogP contribution >= 0.6 is 22.9 Å². The summed E-state index contributed by atoms with van der Waals surface area (Å²) in [5.41, 5.74) is 11.0. The zero-order valence-corrected chi connectivity index (χ0v) is 18.3. The zero-order valence-electron chi connectivity index (χ0n) is 16.7. The molecule has 162 valence electrons. The van der Waals surface area contributed by atoms with Gasteiger partial charge in [-0.05, 0) is 31.4 Å². The minimum Gasteiger partial charge on any atom is -0.390 e. The van der Waals surface area contributed by atoms with E-state index in [1.807, 2.05) is 12.1 Å². The molecule has 0 unspecified atom stereocenters. The maximum atomic E-state index is 14.8. The van der Waals surface area contributed by atoms with Gasteiger partial charge >= 0.3 is 0 Å². The number of rotatable bonds is 4. The smallest absolute Gasteiger partial charge is 0.202 e. The number of halogens is 2. The first-order chi connectivity index (χ1) is 15.0. The first kappa shape index (κ1) is 20.5. The topological polar surface area (TPSA) is 117 Å². The third-order valence-corrected chi connectivity index (χ3v) is 7.31. The highest BCUT2D eigenvalue weighted by Crippen LogP contribution is 2.38. The lowest BCUT2D eigenvalue weighted by molar-refractivity contribution is 0.184. The number of anilines is 1. The SMILES string of the molecule is CN(c1nc2n[nH]c(-c3ccc4ncsc4c3Cl)c2nc1CO)[C@@H]1CCC[C@H](N)[C@@H]1F. The van der Waals surface area contributed by atoms with Crippen LogP contribution in [0.25, 0.3) is 32.6 Å². The highest BCUT2D eigenvalue weighted by atomic mass is 35.5. The quantitative estimate of drug-likeness (QED) is 0.426. The summed E-state index contributed by atoms with van der Waals surface area (Å²) < 4.78 is 15.7. The van der Waals surface area contributed by atoms with Gasteiger partial charge < -0.3 is 15.7 Å². The van der Waals surface area contributed by atoms with Gasteiger partial charge in [-0.1, -0.05) is 11.6 Å². The molecule has 8 nitrogen and oxygen atoms in total. The molecule has 11 heteroatoms. The fourth-order valence-corrected chi connectivity index (χ4v) is 5.37. The molecule has 31 heavy (non-hydrogen) atoms. The van der Waals surface area contributed by atoms with Gasteiger partial charge in [-0.3, -0.25) is 5.10 Å². The third-order valence-electron chi connectivity index (χ3n) is 5.94.